The standard InChI is InChI=1S/C13H25ClN2O3/c1-13(2,3)19-12(17)15-10-8-11(9-10)18-7-5-6-16(4)14/h10-11H,5-9H2,1-4H3,(H,15,17). The summed E-state index contributed by atoms with van der Waals surface area (Å²) in [6, 6.07) is 0.176. The molecule has 1 fully saturated rings. The SMILES string of the molecule is CN(Cl)CCCOC1CC(NC(=O)OC(C)(C)C)C1. The fraction of sp³-hybridized carbons (Fsp3) is 0.923. The van der Waals surface area contributed by atoms with Gasteiger partial charge in [-0.2, -0.15) is 0 Å². The normalized spacial score (nSPS) is 23.1. The van der Waals surface area contributed by atoms with Gasteiger partial charge in [-0.1, -0.05) is 0 Å². The second-order valence-electron chi connectivity index (χ2n) is 5.99. The maximum absolute atomic E-state index is 11.5. The Kier molecular flexibility index (Phi) is 6.36. The van der Waals surface area contributed by atoms with E-state index < -0.39 is 5.60 Å². The van der Waals surface area contributed by atoms with E-state index in [9.17, 15) is 4.79 Å². The number of amides is 1. The van der Waals surface area contributed by atoms with E-state index in [1.165, 1.54) is 0 Å². The highest BCUT2D eigenvalue weighted by Crippen LogP contribution is 2.24. The lowest BCUT2D eigenvalue weighted by molar-refractivity contribution is -0.0212. The highest BCUT2D eigenvalue weighted by atomic mass is 35.5. The predicted octanol–water partition coefficient (Wildman–Crippen LogP) is 2.53. The third kappa shape index (κ3) is 7.60. The van der Waals surface area contributed by atoms with Gasteiger partial charge in [0.15, 0.2) is 0 Å². The minimum absolute atomic E-state index is 0.176. The van der Waals surface area contributed by atoms with Crippen LogP contribution in [0.4, 0.5) is 4.79 Å². The summed E-state index contributed by atoms with van der Waals surface area (Å²) in [5.74, 6) is 0. The first kappa shape index (κ1) is 16.5. The lowest BCUT2D eigenvalue weighted by Crippen LogP contribution is -2.49. The number of nitrogens with zero attached hydrogens (tertiary/aromatic N) is 1. The first-order valence-corrected chi connectivity index (χ1v) is 7.08. The van der Waals surface area contributed by atoms with Crippen molar-refractivity contribution in [2.75, 3.05) is 20.2 Å². The molecule has 0 saturated heterocycles. The van der Waals surface area contributed by atoms with Gasteiger partial charge in [0.05, 0.1) is 6.10 Å². The van der Waals surface area contributed by atoms with Crippen molar-refractivity contribution in [3.63, 3.8) is 0 Å². The first-order chi connectivity index (χ1) is 8.76. The molecule has 1 amide bonds. The van der Waals surface area contributed by atoms with Crippen molar-refractivity contribution in [2.45, 2.75) is 57.8 Å². The first-order valence-electron chi connectivity index (χ1n) is 6.74. The van der Waals surface area contributed by atoms with E-state index in [2.05, 4.69) is 5.32 Å². The van der Waals surface area contributed by atoms with Crippen molar-refractivity contribution in [1.82, 2.24) is 9.74 Å². The van der Waals surface area contributed by atoms with Crippen LogP contribution in [0, 0.1) is 0 Å². The summed E-state index contributed by atoms with van der Waals surface area (Å²) in [6.07, 6.45) is 2.53. The van der Waals surface area contributed by atoms with Crippen molar-refractivity contribution in [2.24, 2.45) is 0 Å². The smallest absolute Gasteiger partial charge is 0.407 e. The summed E-state index contributed by atoms with van der Waals surface area (Å²) in [5, 5.41) is 2.84. The number of ether oxygens (including phenoxy) is 2. The summed E-state index contributed by atoms with van der Waals surface area (Å²) in [4.78, 5) is 11.5. The molecule has 1 saturated carbocycles. The van der Waals surface area contributed by atoms with Crippen molar-refractivity contribution >= 4 is 17.9 Å². The minimum atomic E-state index is -0.447. The van der Waals surface area contributed by atoms with Crippen molar-refractivity contribution in [3.8, 4) is 0 Å². The van der Waals surface area contributed by atoms with Gasteiger partial charge < -0.3 is 14.8 Å². The Balaban J connectivity index is 2.02. The molecule has 0 unspecified atom stereocenters. The van der Waals surface area contributed by atoms with Gasteiger partial charge in [-0.05, 0) is 51.8 Å². The number of carbonyl (C=O) groups excluding carboxylic acids is 1. The van der Waals surface area contributed by atoms with E-state index in [1.54, 1.807) is 4.42 Å². The average molecular weight is 293 g/mol. The molecule has 0 radical (unpaired) electrons. The quantitative estimate of drug-likeness (QED) is 0.604. The molecule has 1 N–H and O–H groups in total. The molecule has 0 bridgehead atoms. The summed E-state index contributed by atoms with van der Waals surface area (Å²) >= 11 is 5.69. The van der Waals surface area contributed by atoms with Crippen LogP contribution >= 0.6 is 11.8 Å². The maximum Gasteiger partial charge on any atom is 0.407 e. The molecule has 112 valence electrons. The third-order valence-electron chi connectivity index (χ3n) is 2.78. The molecular weight excluding hydrogens is 268 g/mol. The molecule has 1 aliphatic carbocycles. The average Bonchev–Trinajstić information content (AvgIpc) is 2.16. The van der Waals surface area contributed by atoms with Gasteiger partial charge >= 0.3 is 6.09 Å². The Morgan fingerprint density at radius 3 is 2.58 bits per heavy atom. The molecule has 19 heavy (non-hydrogen) atoms. The second kappa shape index (κ2) is 7.31. The van der Waals surface area contributed by atoms with Gasteiger partial charge in [-0.15, -0.1) is 0 Å². The van der Waals surface area contributed by atoms with Crippen LogP contribution < -0.4 is 5.32 Å². The lowest BCUT2D eigenvalue weighted by atomic mass is 9.89. The van der Waals surface area contributed by atoms with Crippen LogP contribution in [0.3, 0.4) is 0 Å². The van der Waals surface area contributed by atoms with Gasteiger partial charge in [0.1, 0.15) is 5.60 Å². The fourth-order valence-corrected chi connectivity index (χ4v) is 1.95. The van der Waals surface area contributed by atoms with E-state index in [0.29, 0.717) is 6.61 Å². The molecule has 0 aromatic rings. The van der Waals surface area contributed by atoms with Gasteiger partial charge in [-0.25, -0.2) is 9.21 Å². The Bertz CT molecular complexity index is 286. The number of hydrogen-bond donors (Lipinski definition) is 1. The van der Waals surface area contributed by atoms with E-state index in [1.807, 2.05) is 27.8 Å². The molecule has 0 aromatic carbocycles. The van der Waals surface area contributed by atoms with Gasteiger partial charge in [-0.3, -0.25) is 0 Å². The zero-order chi connectivity index (χ0) is 14.5. The molecule has 6 heteroatoms. The number of halogens is 1. The zero-order valence-corrected chi connectivity index (χ0v) is 13.0. The number of rotatable bonds is 6. The van der Waals surface area contributed by atoms with Crippen LogP contribution in [-0.4, -0.2) is 48.5 Å². The monoisotopic (exact) mass is 292 g/mol. The molecule has 1 aliphatic rings. The Hall–Kier alpha value is -0.520. The summed E-state index contributed by atoms with van der Waals surface area (Å²) in [5.41, 5.74) is -0.447. The van der Waals surface area contributed by atoms with Crippen LogP contribution in [0.1, 0.15) is 40.0 Å². The largest absolute Gasteiger partial charge is 0.444 e. The van der Waals surface area contributed by atoms with E-state index in [4.69, 9.17) is 21.3 Å². The van der Waals surface area contributed by atoms with Crippen LogP contribution in [-0.2, 0) is 9.47 Å². The summed E-state index contributed by atoms with van der Waals surface area (Å²) in [7, 11) is 1.83. The van der Waals surface area contributed by atoms with Gasteiger partial charge in [0, 0.05) is 26.2 Å². The molecule has 0 heterocycles. The molecule has 0 aliphatic heterocycles. The lowest BCUT2D eigenvalue weighted by Gasteiger charge is -2.36. The van der Waals surface area contributed by atoms with Crippen LogP contribution in [0.5, 0.6) is 0 Å². The third-order valence-corrected chi connectivity index (χ3v) is 2.95. The van der Waals surface area contributed by atoms with E-state index in [0.717, 1.165) is 25.8 Å². The number of alkyl carbamates (subject to hydrolysis) is 1. The predicted molar refractivity (Wildman–Crippen MR) is 75.2 cm³/mol. The minimum Gasteiger partial charge on any atom is -0.444 e. The van der Waals surface area contributed by atoms with Gasteiger partial charge in [0.25, 0.3) is 0 Å². The number of nitrogens with one attached hydrogen (secondary N) is 1. The van der Waals surface area contributed by atoms with Crippen molar-refractivity contribution in [1.29, 1.82) is 0 Å². The Morgan fingerprint density at radius 2 is 2.05 bits per heavy atom. The van der Waals surface area contributed by atoms with E-state index >= 15 is 0 Å². The second-order valence-corrected chi connectivity index (χ2v) is 6.57. The Morgan fingerprint density at radius 1 is 1.42 bits per heavy atom. The molecule has 0 aromatic heterocycles. The fourth-order valence-electron chi connectivity index (χ4n) is 1.83. The highest BCUT2D eigenvalue weighted by Gasteiger charge is 2.32. The van der Waals surface area contributed by atoms with Crippen LogP contribution in [0.2, 0.25) is 0 Å². The van der Waals surface area contributed by atoms with Gasteiger partial charge in [0.2, 0.25) is 0 Å². The molecule has 1 rings (SSSR count). The summed E-state index contributed by atoms with van der Waals surface area (Å²) in [6.45, 7) is 7.09. The highest BCUT2D eigenvalue weighted by molar-refractivity contribution is 6.13. The van der Waals surface area contributed by atoms with Crippen LogP contribution in [0.25, 0.3) is 0 Å². The molecule has 0 atom stereocenters. The number of carbonyl (C=O) groups is 1. The van der Waals surface area contributed by atoms with Crippen molar-refractivity contribution < 1.29 is 14.3 Å². The molecule has 5 nitrogen and oxygen atoms in total. The molecular formula is C13H25ClN2O3. The zero-order valence-electron chi connectivity index (χ0n) is 12.2. The number of hydrogen-bond acceptors (Lipinski definition) is 4. The maximum atomic E-state index is 11.5. The van der Waals surface area contributed by atoms with Crippen molar-refractivity contribution in [3.05, 3.63) is 0 Å². The Labute approximate surface area is 120 Å². The topological polar surface area (TPSA) is 50.8 Å². The molecule has 0 spiro atoms. The summed E-state index contributed by atoms with van der Waals surface area (Å²) < 4.78 is 12.5. The van der Waals surface area contributed by atoms with E-state index in [-0.39, 0.29) is 18.2 Å². The van der Waals surface area contributed by atoms with Crippen LogP contribution in [0.15, 0.2) is 0 Å².